The van der Waals surface area contributed by atoms with E-state index in [1.165, 1.54) is 11.0 Å². The lowest BCUT2D eigenvalue weighted by molar-refractivity contribution is -0.0528. The molecule has 2 unspecified atom stereocenters. The maximum atomic E-state index is 12.5. The van der Waals surface area contributed by atoms with Crippen molar-refractivity contribution in [2.24, 2.45) is 5.92 Å². The molecule has 1 heterocycles. The fourth-order valence-electron chi connectivity index (χ4n) is 2.57. The standard InChI is InChI=1S/C13H18F3NO5S/c1-12(2,3)21-11(18)17-7-8-4-5-10(9(17)6-8)22-23(19,20)13(14,15)16/h5,8-9H,4,6-7H2,1-3H3. The monoisotopic (exact) mass is 357 g/mol. The molecule has 132 valence electrons. The van der Waals surface area contributed by atoms with E-state index in [2.05, 4.69) is 4.18 Å². The second-order valence-electron chi connectivity index (χ2n) is 6.58. The second kappa shape index (κ2) is 5.57. The maximum Gasteiger partial charge on any atom is 0.534 e. The molecule has 10 heteroatoms. The molecular formula is C13H18F3NO5S. The Morgan fingerprint density at radius 3 is 2.43 bits per heavy atom. The molecule has 0 saturated carbocycles. The van der Waals surface area contributed by atoms with Gasteiger partial charge in [-0.05, 0) is 45.6 Å². The van der Waals surface area contributed by atoms with Crippen LogP contribution in [0, 0.1) is 5.92 Å². The number of allylic oxidation sites excluding steroid dienone is 1. The largest absolute Gasteiger partial charge is 0.534 e. The molecule has 0 N–H and O–H groups in total. The summed E-state index contributed by atoms with van der Waals surface area (Å²) >= 11 is 0. The molecule has 1 aliphatic carbocycles. The molecule has 1 aliphatic heterocycles. The van der Waals surface area contributed by atoms with Crippen LogP contribution in [0.25, 0.3) is 0 Å². The van der Waals surface area contributed by atoms with Gasteiger partial charge in [0.25, 0.3) is 0 Å². The van der Waals surface area contributed by atoms with Crippen molar-refractivity contribution >= 4 is 16.2 Å². The van der Waals surface area contributed by atoms with E-state index in [0.29, 0.717) is 12.8 Å². The van der Waals surface area contributed by atoms with Crippen LogP contribution >= 0.6 is 0 Å². The molecule has 0 aromatic rings. The molecule has 6 nitrogen and oxygen atoms in total. The summed E-state index contributed by atoms with van der Waals surface area (Å²) in [6.45, 7) is 5.27. The first-order valence-corrected chi connectivity index (χ1v) is 8.41. The van der Waals surface area contributed by atoms with Crippen molar-refractivity contribution in [2.45, 2.75) is 50.8 Å². The molecule has 2 rings (SSSR count). The number of carbonyl (C=O) groups excluding carboxylic acids is 1. The first kappa shape index (κ1) is 17.9. The van der Waals surface area contributed by atoms with Crippen LogP contribution in [-0.4, -0.2) is 43.1 Å². The Balaban J connectivity index is 2.18. The molecule has 1 fully saturated rings. The number of fused-ring (bicyclic) bond motifs is 2. The Hall–Kier alpha value is -1.45. The Bertz CT molecular complexity index is 621. The van der Waals surface area contributed by atoms with Gasteiger partial charge in [0.1, 0.15) is 11.4 Å². The number of amides is 1. The van der Waals surface area contributed by atoms with Crippen LogP contribution in [0.1, 0.15) is 33.6 Å². The van der Waals surface area contributed by atoms with Crippen molar-refractivity contribution in [2.75, 3.05) is 6.54 Å². The van der Waals surface area contributed by atoms with E-state index < -0.39 is 33.4 Å². The number of ether oxygens (including phenoxy) is 1. The minimum Gasteiger partial charge on any atom is -0.444 e. The molecule has 0 radical (unpaired) electrons. The summed E-state index contributed by atoms with van der Waals surface area (Å²) < 4.78 is 69.2. The predicted octanol–water partition coefficient (Wildman–Crippen LogP) is 2.77. The highest BCUT2D eigenvalue weighted by Gasteiger charge is 2.51. The molecule has 2 aliphatic rings. The van der Waals surface area contributed by atoms with Gasteiger partial charge in [0, 0.05) is 6.54 Å². The van der Waals surface area contributed by atoms with Crippen LogP contribution in [0.15, 0.2) is 11.8 Å². The van der Waals surface area contributed by atoms with E-state index >= 15 is 0 Å². The Morgan fingerprint density at radius 2 is 1.91 bits per heavy atom. The van der Waals surface area contributed by atoms with Gasteiger partial charge in [-0.15, -0.1) is 0 Å². The topological polar surface area (TPSA) is 72.9 Å². The smallest absolute Gasteiger partial charge is 0.444 e. The summed E-state index contributed by atoms with van der Waals surface area (Å²) in [6, 6.07) is -0.860. The Labute approximate surface area is 132 Å². The van der Waals surface area contributed by atoms with Gasteiger partial charge in [0.05, 0.1) is 6.04 Å². The fourth-order valence-corrected chi connectivity index (χ4v) is 3.10. The number of carbonyl (C=O) groups is 1. The molecule has 1 amide bonds. The van der Waals surface area contributed by atoms with Crippen LogP contribution < -0.4 is 0 Å². The van der Waals surface area contributed by atoms with Crippen molar-refractivity contribution in [1.82, 2.24) is 4.90 Å². The number of halogens is 3. The molecule has 2 bridgehead atoms. The van der Waals surface area contributed by atoms with Crippen molar-refractivity contribution < 1.29 is 35.3 Å². The SMILES string of the molecule is CC(C)(C)OC(=O)N1CC2CC=C(OS(=O)(=O)C(F)(F)F)C1C2. The number of nitrogens with zero attached hydrogens (tertiary/aromatic N) is 1. The third-order valence-corrected chi connectivity index (χ3v) is 4.46. The minimum absolute atomic E-state index is 0.0495. The summed E-state index contributed by atoms with van der Waals surface area (Å²) in [6.07, 6.45) is 1.29. The molecule has 2 atom stereocenters. The van der Waals surface area contributed by atoms with Crippen LogP contribution in [0.5, 0.6) is 0 Å². The quantitative estimate of drug-likeness (QED) is 0.561. The van der Waals surface area contributed by atoms with Crippen molar-refractivity contribution in [3.8, 4) is 0 Å². The number of rotatable bonds is 2. The third-order valence-electron chi connectivity index (χ3n) is 3.49. The van der Waals surface area contributed by atoms with E-state index in [-0.39, 0.29) is 18.2 Å². The Kier molecular flexibility index (Phi) is 4.33. The van der Waals surface area contributed by atoms with Gasteiger partial charge in [0.2, 0.25) is 0 Å². The third kappa shape index (κ3) is 3.91. The minimum atomic E-state index is -5.75. The first-order valence-electron chi connectivity index (χ1n) is 7.00. The van der Waals surface area contributed by atoms with Gasteiger partial charge < -0.3 is 8.92 Å². The van der Waals surface area contributed by atoms with Crippen LogP contribution in [0.2, 0.25) is 0 Å². The van der Waals surface area contributed by atoms with Gasteiger partial charge in [-0.1, -0.05) is 0 Å². The first-order chi connectivity index (χ1) is 10.3. The van der Waals surface area contributed by atoms with E-state index in [1.54, 1.807) is 20.8 Å². The van der Waals surface area contributed by atoms with Crippen LogP contribution in [0.4, 0.5) is 18.0 Å². The molecule has 23 heavy (non-hydrogen) atoms. The lowest BCUT2D eigenvalue weighted by atomic mass is 9.95. The molecule has 0 aromatic heterocycles. The molecule has 1 saturated heterocycles. The Morgan fingerprint density at radius 1 is 1.30 bits per heavy atom. The number of hydrogen-bond acceptors (Lipinski definition) is 5. The zero-order valence-electron chi connectivity index (χ0n) is 12.9. The zero-order valence-corrected chi connectivity index (χ0v) is 13.7. The van der Waals surface area contributed by atoms with E-state index in [4.69, 9.17) is 4.74 Å². The second-order valence-corrected chi connectivity index (χ2v) is 8.11. The van der Waals surface area contributed by atoms with E-state index in [0.717, 1.165) is 0 Å². The van der Waals surface area contributed by atoms with E-state index in [9.17, 15) is 26.4 Å². The molecular weight excluding hydrogens is 339 g/mol. The van der Waals surface area contributed by atoms with Crippen molar-refractivity contribution in [1.29, 1.82) is 0 Å². The predicted molar refractivity (Wildman–Crippen MR) is 73.6 cm³/mol. The van der Waals surface area contributed by atoms with E-state index in [1.807, 2.05) is 0 Å². The summed E-state index contributed by atoms with van der Waals surface area (Å²) in [5.74, 6) is -0.324. The highest BCUT2D eigenvalue weighted by molar-refractivity contribution is 7.87. The van der Waals surface area contributed by atoms with Gasteiger partial charge in [-0.2, -0.15) is 21.6 Å². The van der Waals surface area contributed by atoms with Crippen molar-refractivity contribution in [3.63, 3.8) is 0 Å². The lowest BCUT2D eigenvalue weighted by Crippen LogP contribution is -2.41. The normalized spacial score (nSPS) is 25.1. The molecule has 0 spiro atoms. The average Bonchev–Trinajstić information content (AvgIpc) is 2.68. The van der Waals surface area contributed by atoms with Gasteiger partial charge in [-0.3, -0.25) is 4.90 Å². The van der Waals surface area contributed by atoms with Crippen molar-refractivity contribution in [3.05, 3.63) is 11.8 Å². The number of alkyl halides is 3. The average molecular weight is 357 g/mol. The number of likely N-dealkylation sites (tertiary alicyclic amines) is 1. The zero-order chi connectivity index (χ0) is 17.6. The summed E-state index contributed by atoms with van der Waals surface area (Å²) in [5.41, 5.74) is -6.28. The van der Waals surface area contributed by atoms with Gasteiger partial charge in [0.15, 0.2) is 0 Å². The summed E-state index contributed by atoms with van der Waals surface area (Å²) in [7, 11) is -5.75. The van der Waals surface area contributed by atoms with Crippen LogP contribution in [-0.2, 0) is 19.0 Å². The molecule has 0 aromatic carbocycles. The summed E-state index contributed by atoms with van der Waals surface area (Å²) in [5, 5.41) is 0. The van der Waals surface area contributed by atoms with Crippen LogP contribution in [0.3, 0.4) is 0 Å². The van der Waals surface area contributed by atoms with Gasteiger partial charge >= 0.3 is 21.7 Å². The maximum absolute atomic E-state index is 12.5. The highest BCUT2D eigenvalue weighted by Crippen LogP contribution is 2.39. The summed E-state index contributed by atoms with van der Waals surface area (Å²) in [4.78, 5) is 13.4. The fraction of sp³-hybridized carbons (Fsp3) is 0.769. The number of hydrogen-bond donors (Lipinski definition) is 0. The lowest BCUT2D eigenvalue weighted by Gasteiger charge is -2.29. The highest BCUT2D eigenvalue weighted by atomic mass is 32.2. The van der Waals surface area contributed by atoms with Gasteiger partial charge in [-0.25, -0.2) is 4.79 Å².